The molecular formula is C17H13FO2. The van der Waals surface area contributed by atoms with Gasteiger partial charge in [0, 0.05) is 11.6 Å². The fourth-order valence-corrected chi connectivity index (χ4v) is 2.95. The Bertz CT molecular complexity index is 773. The van der Waals surface area contributed by atoms with Crippen LogP contribution < -0.4 is 0 Å². The number of halogens is 1. The predicted molar refractivity (Wildman–Crippen MR) is 76.0 cm³/mol. The molecule has 0 saturated carbocycles. The quantitative estimate of drug-likeness (QED) is 0.679. The van der Waals surface area contributed by atoms with Crippen molar-refractivity contribution in [3.8, 4) is 11.1 Å². The molecule has 2 nitrogen and oxygen atoms in total. The average Bonchev–Trinajstić information content (AvgIpc) is 2.64. The molecule has 0 amide bonds. The van der Waals surface area contributed by atoms with Gasteiger partial charge in [0.25, 0.3) is 0 Å². The van der Waals surface area contributed by atoms with Crippen LogP contribution in [0.2, 0.25) is 0 Å². The van der Waals surface area contributed by atoms with Crippen molar-refractivity contribution in [1.29, 1.82) is 0 Å². The third-order valence-corrected chi connectivity index (χ3v) is 3.59. The van der Waals surface area contributed by atoms with E-state index in [2.05, 4.69) is 0 Å². The number of fused-ring (bicyclic) bond motifs is 3. The first-order chi connectivity index (χ1) is 9.49. The van der Waals surface area contributed by atoms with Gasteiger partial charge >= 0.3 is 5.97 Å². The number of carboxylic acid groups (broad SMARTS) is 1. The molecule has 1 N–H and O–H groups in total. The Hall–Kier alpha value is -2.42. The summed E-state index contributed by atoms with van der Waals surface area (Å²) in [5, 5.41) is 9.07. The summed E-state index contributed by atoms with van der Waals surface area (Å²) in [6, 6.07) is 8.68. The van der Waals surface area contributed by atoms with E-state index in [0.717, 1.165) is 28.3 Å². The van der Waals surface area contributed by atoms with Gasteiger partial charge in [-0.25, -0.2) is 9.18 Å². The molecule has 0 spiro atoms. The monoisotopic (exact) mass is 268 g/mol. The molecule has 0 fully saturated rings. The third kappa shape index (κ3) is 1.74. The summed E-state index contributed by atoms with van der Waals surface area (Å²) >= 11 is 0. The van der Waals surface area contributed by atoms with Crippen LogP contribution in [0.4, 0.5) is 4.39 Å². The van der Waals surface area contributed by atoms with Gasteiger partial charge in [-0.1, -0.05) is 29.8 Å². The number of benzene rings is 2. The zero-order valence-electron chi connectivity index (χ0n) is 11.2. The van der Waals surface area contributed by atoms with Gasteiger partial charge in [0.15, 0.2) is 0 Å². The second-order valence-electron chi connectivity index (χ2n) is 5.06. The molecule has 3 heteroatoms. The smallest absolute Gasteiger partial charge is 0.328 e. The Labute approximate surface area is 116 Å². The lowest BCUT2D eigenvalue weighted by Crippen LogP contribution is -1.93. The maximum absolute atomic E-state index is 14.2. The zero-order valence-corrected chi connectivity index (χ0v) is 11.2. The normalized spacial score (nSPS) is 14.2. The van der Waals surface area contributed by atoms with Crippen molar-refractivity contribution in [2.24, 2.45) is 0 Å². The SMILES string of the molecule is Cc1cc(C)c2c(c1)-c1c(F)cccc1/C2=C/C(=O)O. The Balaban J connectivity index is 2.45. The summed E-state index contributed by atoms with van der Waals surface area (Å²) in [5.74, 6) is -1.34. The molecule has 100 valence electrons. The molecule has 0 aromatic heterocycles. The molecule has 0 radical (unpaired) electrons. The van der Waals surface area contributed by atoms with Crippen LogP contribution in [-0.4, -0.2) is 11.1 Å². The van der Waals surface area contributed by atoms with Crippen molar-refractivity contribution in [2.45, 2.75) is 13.8 Å². The van der Waals surface area contributed by atoms with Crippen molar-refractivity contribution in [3.05, 3.63) is 64.5 Å². The van der Waals surface area contributed by atoms with Gasteiger partial charge in [0.1, 0.15) is 5.82 Å². The van der Waals surface area contributed by atoms with Gasteiger partial charge < -0.3 is 5.11 Å². The Morgan fingerprint density at radius 1 is 1.15 bits per heavy atom. The number of rotatable bonds is 1. The molecule has 20 heavy (non-hydrogen) atoms. The Morgan fingerprint density at radius 3 is 2.60 bits per heavy atom. The zero-order chi connectivity index (χ0) is 14.4. The predicted octanol–water partition coefficient (Wildman–Crippen LogP) is 3.94. The standard InChI is InChI=1S/C17H13FO2/c1-9-6-10(2)16-12(8-15(19)20)11-4-3-5-14(18)17(11)13(16)7-9/h3-8H,1-2H3,(H,19,20)/b12-8-. The maximum Gasteiger partial charge on any atom is 0.328 e. The molecule has 0 bridgehead atoms. The molecule has 1 aliphatic rings. The molecule has 0 unspecified atom stereocenters. The van der Waals surface area contributed by atoms with Crippen LogP contribution in [0.5, 0.6) is 0 Å². The van der Waals surface area contributed by atoms with E-state index in [-0.39, 0.29) is 5.82 Å². The summed E-state index contributed by atoms with van der Waals surface area (Å²) in [4.78, 5) is 11.1. The van der Waals surface area contributed by atoms with Gasteiger partial charge in [0.2, 0.25) is 0 Å². The van der Waals surface area contributed by atoms with Crippen molar-refractivity contribution in [3.63, 3.8) is 0 Å². The Morgan fingerprint density at radius 2 is 1.90 bits per heavy atom. The van der Waals surface area contributed by atoms with Crippen molar-refractivity contribution in [1.82, 2.24) is 0 Å². The molecule has 0 atom stereocenters. The van der Waals surface area contributed by atoms with E-state index in [0.29, 0.717) is 16.7 Å². The highest BCUT2D eigenvalue weighted by Crippen LogP contribution is 2.47. The number of aliphatic carboxylic acids is 1. The number of carbonyl (C=O) groups is 1. The van der Waals surface area contributed by atoms with E-state index < -0.39 is 5.97 Å². The summed E-state index contributed by atoms with van der Waals surface area (Å²) < 4.78 is 14.2. The molecule has 2 aromatic carbocycles. The second-order valence-corrected chi connectivity index (χ2v) is 5.06. The highest BCUT2D eigenvalue weighted by Gasteiger charge is 2.28. The first-order valence-electron chi connectivity index (χ1n) is 6.34. The number of aryl methyl sites for hydroxylation is 2. The minimum absolute atomic E-state index is 0.317. The lowest BCUT2D eigenvalue weighted by atomic mass is 9.97. The lowest BCUT2D eigenvalue weighted by Gasteiger charge is -2.07. The van der Waals surface area contributed by atoms with Crippen molar-refractivity contribution in [2.75, 3.05) is 0 Å². The van der Waals surface area contributed by atoms with Crippen molar-refractivity contribution >= 4 is 11.5 Å². The molecule has 1 aliphatic carbocycles. The number of hydrogen-bond donors (Lipinski definition) is 1. The molecule has 0 saturated heterocycles. The summed E-state index contributed by atoms with van der Waals surface area (Å²) in [5.41, 5.74) is 5.33. The molecule has 3 rings (SSSR count). The van der Waals surface area contributed by atoms with Crippen LogP contribution in [0, 0.1) is 19.7 Å². The van der Waals surface area contributed by atoms with Crippen LogP contribution in [0.3, 0.4) is 0 Å². The molecular weight excluding hydrogens is 255 g/mol. The maximum atomic E-state index is 14.2. The van der Waals surface area contributed by atoms with E-state index in [9.17, 15) is 9.18 Å². The van der Waals surface area contributed by atoms with E-state index >= 15 is 0 Å². The third-order valence-electron chi connectivity index (χ3n) is 3.59. The minimum Gasteiger partial charge on any atom is -0.478 e. The largest absolute Gasteiger partial charge is 0.478 e. The van der Waals surface area contributed by atoms with Gasteiger partial charge in [-0.05, 0) is 47.7 Å². The summed E-state index contributed by atoms with van der Waals surface area (Å²) in [7, 11) is 0. The highest BCUT2D eigenvalue weighted by molar-refractivity contribution is 6.07. The number of hydrogen-bond acceptors (Lipinski definition) is 1. The van der Waals surface area contributed by atoms with Crippen LogP contribution in [0.15, 0.2) is 36.4 Å². The topological polar surface area (TPSA) is 37.3 Å². The first kappa shape index (κ1) is 12.6. The van der Waals surface area contributed by atoms with E-state index in [1.807, 2.05) is 26.0 Å². The highest BCUT2D eigenvalue weighted by atomic mass is 19.1. The van der Waals surface area contributed by atoms with E-state index in [1.54, 1.807) is 12.1 Å². The van der Waals surface area contributed by atoms with Crippen LogP contribution in [0.25, 0.3) is 16.7 Å². The van der Waals surface area contributed by atoms with E-state index in [1.165, 1.54) is 6.07 Å². The molecule has 2 aromatic rings. The van der Waals surface area contributed by atoms with Gasteiger partial charge in [0.05, 0.1) is 0 Å². The minimum atomic E-state index is -1.02. The summed E-state index contributed by atoms with van der Waals surface area (Å²) in [6.07, 6.45) is 1.16. The Kier molecular flexibility index (Phi) is 2.71. The lowest BCUT2D eigenvalue weighted by molar-refractivity contribution is -0.131. The second kappa shape index (κ2) is 4.30. The van der Waals surface area contributed by atoms with Crippen molar-refractivity contribution < 1.29 is 14.3 Å². The number of carboxylic acids is 1. The fraction of sp³-hybridized carbons (Fsp3) is 0.118. The van der Waals surface area contributed by atoms with Crippen LogP contribution in [0.1, 0.15) is 22.3 Å². The average molecular weight is 268 g/mol. The molecule has 0 aliphatic heterocycles. The van der Waals surface area contributed by atoms with Crippen LogP contribution >= 0.6 is 0 Å². The molecule has 0 heterocycles. The van der Waals surface area contributed by atoms with Gasteiger partial charge in [-0.3, -0.25) is 0 Å². The fourth-order valence-electron chi connectivity index (χ4n) is 2.95. The summed E-state index contributed by atoms with van der Waals surface area (Å²) in [6.45, 7) is 3.87. The van der Waals surface area contributed by atoms with Gasteiger partial charge in [-0.2, -0.15) is 0 Å². The van der Waals surface area contributed by atoms with E-state index in [4.69, 9.17) is 5.11 Å². The van der Waals surface area contributed by atoms with Gasteiger partial charge in [-0.15, -0.1) is 0 Å². The first-order valence-corrected chi connectivity index (χ1v) is 6.34. The van der Waals surface area contributed by atoms with Crippen LogP contribution in [-0.2, 0) is 4.79 Å².